The second-order valence-electron chi connectivity index (χ2n) is 9.38. The van der Waals surface area contributed by atoms with Crippen LogP contribution in [0.1, 0.15) is 41.7 Å². The number of rotatable bonds is 7. The first-order valence-corrected chi connectivity index (χ1v) is 12.1. The monoisotopic (exact) mass is 517 g/mol. The van der Waals surface area contributed by atoms with Crippen molar-refractivity contribution in [2.24, 2.45) is 5.92 Å². The van der Waals surface area contributed by atoms with Crippen molar-refractivity contribution < 1.29 is 22.7 Å². The van der Waals surface area contributed by atoms with Crippen molar-refractivity contribution in [1.29, 1.82) is 0 Å². The Bertz CT molecular complexity index is 1330. The van der Waals surface area contributed by atoms with Crippen LogP contribution in [0, 0.1) is 24.1 Å². The number of hydrogen-bond donors (Lipinski definition) is 2. The molecule has 4 aromatic carbocycles. The maximum absolute atomic E-state index is 15.6. The van der Waals surface area contributed by atoms with E-state index in [1.807, 2.05) is 91.0 Å². The van der Waals surface area contributed by atoms with Gasteiger partial charge in [-0.2, -0.15) is 13.2 Å². The molecule has 0 aliphatic heterocycles. The third kappa shape index (κ3) is 4.44. The fourth-order valence-electron chi connectivity index (χ4n) is 4.93. The molecule has 194 valence electrons. The Morgan fingerprint density at radius 2 is 1.16 bits per heavy atom. The Morgan fingerprint density at radius 3 is 1.50 bits per heavy atom. The number of anilines is 1. The van der Waals surface area contributed by atoms with E-state index in [0.29, 0.717) is 16.7 Å². The second-order valence-corrected chi connectivity index (χ2v) is 9.38. The van der Waals surface area contributed by atoms with Gasteiger partial charge in [-0.3, -0.25) is 0 Å². The van der Waals surface area contributed by atoms with E-state index in [9.17, 15) is 18.3 Å². The van der Waals surface area contributed by atoms with Crippen molar-refractivity contribution >= 4 is 5.69 Å². The molecular weight excluding hydrogens is 490 g/mol. The number of terminal acetylenes is 1. The molecule has 0 radical (unpaired) electrons. The lowest BCUT2D eigenvalue weighted by molar-refractivity contribution is -0.283. The van der Waals surface area contributed by atoms with Crippen LogP contribution in [0.25, 0.3) is 0 Å². The van der Waals surface area contributed by atoms with Gasteiger partial charge in [-0.15, -0.1) is 6.42 Å². The van der Waals surface area contributed by atoms with Gasteiger partial charge in [0.2, 0.25) is 0 Å². The van der Waals surface area contributed by atoms with Crippen LogP contribution in [0.4, 0.5) is 23.2 Å². The van der Waals surface area contributed by atoms with E-state index in [1.165, 1.54) is 19.9 Å². The molecule has 0 bridgehead atoms. The molecule has 0 heterocycles. The molecule has 2 N–H and O–H groups in total. The standard InChI is InChI=1S/C32H27F4NO/c1-4-23-20-21-27(33)28(31(38,22(2)3)32(34,35)36)29(23)37-30(24-14-8-5-9-15-24,25-16-10-6-11-17-25)26-18-12-7-13-19-26/h1,5-22,37-38H,2-3H3. The summed E-state index contributed by atoms with van der Waals surface area (Å²) in [7, 11) is 0. The Kier molecular flexibility index (Phi) is 7.35. The van der Waals surface area contributed by atoms with Crippen LogP contribution in [0.3, 0.4) is 0 Å². The minimum atomic E-state index is -5.19. The van der Waals surface area contributed by atoms with E-state index in [2.05, 4.69) is 11.2 Å². The van der Waals surface area contributed by atoms with Crippen LogP contribution >= 0.6 is 0 Å². The summed E-state index contributed by atoms with van der Waals surface area (Å²) in [5.74, 6) is -0.250. The molecule has 4 rings (SSSR count). The Morgan fingerprint density at radius 1 is 0.737 bits per heavy atom. The lowest BCUT2D eigenvalue weighted by atomic mass is 9.75. The smallest absolute Gasteiger partial charge is 0.376 e. The molecule has 0 saturated carbocycles. The van der Waals surface area contributed by atoms with Crippen LogP contribution < -0.4 is 5.32 Å². The normalized spacial score (nSPS) is 13.6. The van der Waals surface area contributed by atoms with E-state index in [0.717, 1.165) is 6.07 Å². The SMILES string of the molecule is C#Cc1ccc(F)c(C(O)(C(C)C)C(F)(F)F)c1NC(c1ccccc1)(c1ccccc1)c1ccccc1. The van der Waals surface area contributed by atoms with Crippen molar-refractivity contribution in [3.8, 4) is 12.3 Å². The molecule has 0 amide bonds. The van der Waals surface area contributed by atoms with Gasteiger partial charge in [0.1, 0.15) is 11.4 Å². The molecule has 0 aromatic heterocycles. The predicted molar refractivity (Wildman–Crippen MR) is 142 cm³/mol. The number of benzene rings is 4. The summed E-state index contributed by atoms with van der Waals surface area (Å²) < 4.78 is 59.2. The second kappa shape index (κ2) is 10.4. The maximum Gasteiger partial charge on any atom is 0.421 e. The van der Waals surface area contributed by atoms with Crippen molar-refractivity contribution in [1.82, 2.24) is 0 Å². The maximum atomic E-state index is 15.6. The number of alkyl halides is 3. The highest BCUT2D eigenvalue weighted by molar-refractivity contribution is 5.71. The fourth-order valence-corrected chi connectivity index (χ4v) is 4.93. The molecule has 38 heavy (non-hydrogen) atoms. The molecule has 4 aromatic rings. The first-order valence-electron chi connectivity index (χ1n) is 12.1. The highest BCUT2D eigenvalue weighted by Gasteiger charge is 2.59. The fraction of sp³-hybridized carbons (Fsp3) is 0.188. The lowest BCUT2D eigenvalue weighted by Gasteiger charge is -2.41. The predicted octanol–water partition coefficient (Wildman–Crippen LogP) is 7.62. The van der Waals surface area contributed by atoms with Crippen LogP contribution in [0.5, 0.6) is 0 Å². The zero-order chi connectivity index (χ0) is 27.6. The quantitative estimate of drug-likeness (QED) is 0.150. The van der Waals surface area contributed by atoms with Crippen LogP contribution in [0.15, 0.2) is 103 Å². The topological polar surface area (TPSA) is 32.3 Å². The van der Waals surface area contributed by atoms with Crippen molar-refractivity contribution in [2.45, 2.75) is 31.2 Å². The summed E-state index contributed by atoms with van der Waals surface area (Å²) >= 11 is 0. The average molecular weight is 518 g/mol. The van der Waals surface area contributed by atoms with Crippen LogP contribution in [-0.4, -0.2) is 11.3 Å². The largest absolute Gasteiger partial charge is 0.421 e. The Labute approximate surface area is 220 Å². The minimum Gasteiger partial charge on any atom is -0.376 e. The first kappa shape index (κ1) is 27.0. The van der Waals surface area contributed by atoms with Gasteiger partial charge in [0.05, 0.1) is 11.3 Å². The average Bonchev–Trinajstić information content (AvgIpc) is 2.92. The number of nitrogens with one attached hydrogen (secondary N) is 1. The van der Waals surface area contributed by atoms with Gasteiger partial charge in [0, 0.05) is 5.56 Å². The molecule has 0 aliphatic carbocycles. The summed E-state index contributed by atoms with van der Waals surface area (Å²) in [6, 6.07) is 29.5. The van der Waals surface area contributed by atoms with Gasteiger partial charge in [0.15, 0.2) is 5.60 Å². The van der Waals surface area contributed by atoms with Crippen molar-refractivity contribution in [3.05, 3.63) is 137 Å². The van der Waals surface area contributed by atoms with Crippen molar-refractivity contribution in [3.63, 3.8) is 0 Å². The summed E-state index contributed by atoms with van der Waals surface area (Å²) in [5, 5.41) is 14.5. The highest BCUT2D eigenvalue weighted by Crippen LogP contribution is 2.50. The molecule has 2 nitrogen and oxygen atoms in total. The highest BCUT2D eigenvalue weighted by atomic mass is 19.4. The summed E-state index contributed by atoms with van der Waals surface area (Å²) in [4.78, 5) is 0. The number of hydrogen-bond acceptors (Lipinski definition) is 2. The Hall–Kier alpha value is -4.08. The van der Waals surface area contributed by atoms with Crippen LogP contribution in [-0.2, 0) is 11.1 Å². The molecule has 0 saturated heterocycles. The summed E-state index contributed by atoms with van der Waals surface area (Å²) in [5.41, 5.74) is -4.07. The van der Waals surface area contributed by atoms with Gasteiger partial charge in [-0.25, -0.2) is 4.39 Å². The van der Waals surface area contributed by atoms with E-state index >= 15 is 4.39 Å². The molecule has 0 fully saturated rings. The number of halogens is 4. The van der Waals surface area contributed by atoms with Gasteiger partial charge in [-0.05, 0) is 34.7 Å². The molecule has 1 unspecified atom stereocenters. The summed E-state index contributed by atoms with van der Waals surface area (Å²) in [6.07, 6.45) is 0.564. The molecule has 0 spiro atoms. The zero-order valence-electron chi connectivity index (χ0n) is 20.9. The zero-order valence-corrected chi connectivity index (χ0v) is 20.9. The van der Waals surface area contributed by atoms with Gasteiger partial charge in [-0.1, -0.05) is 111 Å². The molecular formula is C32H27F4NO. The van der Waals surface area contributed by atoms with E-state index < -0.39 is 34.6 Å². The van der Waals surface area contributed by atoms with E-state index in [-0.39, 0.29) is 11.3 Å². The van der Waals surface area contributed by atoms with Crippen molar-refractivity contribution in [2.75, 3.05) is 5.32 Å². The van der Waals surface area contributed by atoms with E-state index in [1.54, 1.807) is 0 Å². The Balaban J connectivity index is 2.16. The first-order chi connectivity index (χ1) is 18.1. The van der Waals surface area contributed by atoms with Crippen LogP contribution in [0.2, 0.25) is 0 Å². The molecule has 6 heteroatoms. The third-order valence-corrected chi connectivity index (χ3v) is 6.89. The number of aliphatic hydroxyl groups is 1. The van der Waals surface area contributed by atoms with E-state index in [4.69, 9.17) is 6.42 Å². The third-order valence-electron chi connectivity index (χ3n) is 6.89. The van der Waals surface area contributed by atoms with Gasteiger partial charge >= 0.3 is 6.18 Å². The molecule has 1 atom stereocenters. The lowest BCUT2D eigenvalue weighted by Crippen LogP contribution is -2.49. The minimum absolute atomic E-state index is 0.0168. The summed E-state index contributed by atoms with van der Waals surface area (Å²) in [6.45, 7) is 2.39. The van der Waals surface area contributed by atoms with Gasteiger partial charge < -0.3 is 10.4 Å². The van der Waals surface area contributed by atoms with Gasteiger partial charge in [0.25, 0.3) is 0 Å². The molecule has 0 aliphatic rings.